The average molecular weight is 327 g/mol. The molecule has 0 spiro atoms. The molecular formula is C17H26FNO2S. The molecule has 0 aromatic carbocycles. The van der Waals surface area contributed by atoms with E-state index in [-0.39, 0.29) is 12.2 Å². The van der Waals surface area contributed by atoms with Crippen LogP contribution in [0.25, 0.3) is 0 Å². The fraction of sp³-hybridized carbons (Fsp3) is 0.647. The molecule has 1 fully saturated rings. The molecule has 0 aromatic heterocycles. The van der Waals surface area contributed by atoms with E-state index in [9.17, 15) is 13.7 Å². The van der Waals surface area contributed by atoms with Crippen LogP contribution in [0.3, 0.4) is 0 Å². The van der Waals surface area contributed by atoms with Gasteiger partial charge in [-0.15, -0.1) is 0 Å². The van der Waals surface area contributed by atoms with Crippen LogP contribution >= 0.6 is 0 Å². The van der Waals surface area contributed by atoms with Gasteiger partial charge < -0.3 is 10.8 Å². The smallest absolute Gasteiger partial charge is 0.104 e. The van der Waals surface area contributed by atoms with Crippen molar-refractivity contribution in [2.24, 2.45) is 11.7 Å². The van der Waals surface area contributed by atoms with Crippen LogP contribution in [0.15, 0.2) is 34.5 Å². The first-order chi connectivity index (χ1) is 10.6. The highest BCUT2D eigenvalue weighted by Gasteiger charge is 2.20. The third-order valence-electron chi connectivity index (χ3n) is 4.37. The summed E-state index contributed by atoms with van der Waals surface area (Å²) in [4.78, 5) is 0.615. The molecule has 2 unspecified atom stereocenters. The maximum atomic E-state index is 13.7. The molecule has 0 amide bonds. The molecule has 2 rings (SSSR count). The zero-order valence-corrected chi connectivity index (χ0v) is 13.8. The molecule has 0 aliphatic heterocycles. The Labute approximate surface area is 134 Å². The van der Waals surface area contributed by atoms with Gasteiger partial charge in [-0.2, -0.15) is 0 Å². The van der Waals surface area contributed by atoms with Gasteiger partial charge in [0.05, 0.1) is 16.9 Å². The van der Waals surface area contributed by atoms with Gasteiger partial charge in [0.1, 0.15) is 5.83 Å². The topological polar surface area (TPSA) is 63.3 Å². The minimum absolute atomic E-state index is 0.0712. The summed E-state index contributed by atoms with van der Waals surface area (Å²) < 4.78 is 26.3. The zero-order valence-electron chi connectivity index (χ0n) is 13.0. The molecule has 22 heavy (non-hydrogen) atoms. The highest BCUT2D eigenvalue weighted by molar-refractivity contribution is 7.89. The number of hydrogen-bond acceptors (Lipinski definition) is 3. The van der Waals surface area contributed by atoms with Gasteiger partial charge in [0.25, 0.3) is 0 Å². The average Bonchev–Trinajstić information content (AvgIpc) is 2.70. The molecule has 0 heterocycles. The van der Waals surface area contributed by atoms with Crippen LogP contribution < -0.4 is 5.73 Å². The highest BCUT2D eigenvalue weighted by Crippen LogP contribution is 2.28. The molecule has 3 nitrogen and oxygen atoms in total. The molecule has 0 saturated heterocycles. The van der Waals surface area contributed by atoms with Crippen LogP contribution in [0, 0.1) is 5.92 Å². The van der Waals surface area contributed by atoms with Crippen molar-refractivity contribution in [3.05, 3.63) is 34.5 Å². The Bertz CT molecular complexity index is 493. The fourth-order valence-corrected chi connectivity index (χ4v) is 4.53. The lowest BCUT2D eigenvalue weighted by Crippen LogP contribution is -2.17. The monoisotopic (exact) mass is 327 g/mol. The van der Waals surface area contributed by atoms with Crippen molar-refractivity contribution in [3.63, 3.8) is 0 Å². The summed E-state index contributed by atoms with van der Waals surface area (Å²) in [6.07, 6.45) is 10.3. The molecule has 3 N–H and O–H groups in total. The van der Waals surface area contributed by atoms with Crippen LogP contribution in [0.2, 0.25) is 0 Å². The number of halogens is 1. The maximum absolute atomic E-state index is 13.7. The van der Waals surface area contributed by atoms with Gasteiger partial charge in [-0.25, -0.2) is 4.39 Å². The Kier molecular flexibility index (Phi) is 6.99. The van der Waals surface area contributed by atoms with Crippen molar-refractivity contribution in [3.8, 4) is 0 Å². The van der Waals surface area contributed by atoms with Gasteiger partial charge in [0.2, 0.25) is 0 Å². The second-order valence-corrected chi connectivity index (χ2v) is 7.68. The predicted octanol–water partition coefficient (Wildman–Crippen LogP) is 3.09. The number of rotatable bonds is 6. The van der Waals surface area contributed by atoms with E-state index < -0.39 is 16.9 Å². The number of nitrogens with two attached hydrogens (primary N) is 1. The van der Waals surface area contributed by atoms with Gasteiger partial charge in [0, 0.05) is 17.1 Å². The minimum atomic E-state index is -1.14. The zero-order chi connectivity index (χ0) is 15.9. The summed E-state index contributed by atoms with van der Waals surface area (Å²) in [5, 5.41) is 10.1. The van der Waals surface area contributed by atoms with Crippen LogP contribution in [0.1, 0.15) is 44.9 Å². The normalized spacial score (nSPS) is 23.1. The van der Waals surface area contributed by atoms with Crippen LogP contribution in [0.4, 0.5) is 4.39 Å². The Balaban J connectivity index is 2.08. The predicted molar refractivity (Wildman–Crippen MR) is 89.2 cm³/mol. The summed E-state index contributed by atoms with van der Waals surface area (Å²) in [7, 11) is -1.14. The first-order valence-corrected chi connectivity index (χ1v) is 9.45. The van der Waals surface area contributed by atoms with Crippen molar-refractivity contribution in [1.82, 2.24) is 0 Å². The molecular weight excluding hydrogens is 301 g/mol. The largest absolute Gasteiger partial charge is 0.389 e. The van der Waals surface area contributed by atoms with Crippen LogP contribution in [-0.2, 0) is 10.8 Å². The van der Waals surface area contributed by atoms with E-state index in [2.05, 4.69) is 0 Å². The first kappa shape index (κ1) is 17.6. The Morgan fingerprint density at radius 3 is 2.73 bits per heavy atom. The van der Waals surface area contributed by atoms with E-state index in [1.165, 1.54) is 25.3 Å². The molecule has 1 saturated carbocycles. The van der Waals surface area contributed by atoms with E-state index in [0.29, 0.717) is 35.1 Å². The Morgan fingerprint density at radius 2 is 2.05 bits per heavy atom. The lowest BCUT2D eigenvalue weighted by atomic mass is 9.91. The van der Waals surface area contributed by atoms with E-state index >= 15 is 0 Å². The van der Waals surface area contributed by atoms with E-state index in [1.807, 2.05) is 0 Å². The summed E-state index contributed by atoms with van der Waals surface area (Å²) in [6.45, 7) is 0.341. The molecule has 0 aromatic rings. The summed E-state index contributed by atoms with van der Waals surface area (Å²) in [6, 6.07) is 0. The van der Waals surface area contributed by atoms with Gasteiger partial charge in [-0.05, 0) is 55.5 Å². The van der Waals surface area contributed by atoms with Crippen LogP contribution in [-0.4, -0.2) is 27.7 Å². The quantitative estimate of drug-likeness (QED) is 0.788. The van der Waals surface area contributed by atoms with E-state index in [4.69, 9.17) is 5.73 Å². The lowest BCUT2D eigenvalue weighted by molar-refractivity contribution is 0.199. The molecule has 2 atom stereocenters. The lowest BCUT2D eigenvalue weighted by Gasteiger charge is -2.21. The SMILES string of the molecule is NCCC(O)C1=CC(S(=O)CC2CCCCC2)=CC=C(F)C1. The van der Waals surface area contributed by atoms with Gasteiger partial charge >= 0.3 is 0 Å². The summed E-state index contributed by atoms with van der Waals surface area (Å²) in [5.74, 6) is 0.822. The van der Waals surface area contributed by atoms with Crippen molar-refractivity contribution in [1.29, 1.82) is 0 Å². The van der Waals surface area contributed by atoms with Crippen molar-refractivity contribution in [2.45, 2.75) is 51.0 Å². The van der Waals surface area contributed by atoms with E-state index in [0.717, 1.165) is 12.8 Å². The Hall–Kier alpha value is -0.780. The second kappa shape index (κ2) is 8.75. The van der Waals surface area contributed by atoms with Crippen molar-refractivity contribution >= 4 is 10.8 Å². The number of allylic oxidation sites excluding steroid dienone is 4. The maximum Gasteiger partial charge on any atom is 0.104 e. The first-order valence-electron chi connectivity index (χ1n) is 8.13. The van der Waals surface area contributed by atoms with Gasteiger partial charge in [-0.1, -0.05) is 19.3 Å². The molecule has 124 valence electrons. The van der Waals surface area contributed by atoms with Crippen molar-refractivity contribution in [2.75, 3.05) is 12.3 Å². The molecule has 2 aliphatic carbocycles. The van der Waals surface area contributed by atoms with Gasteiger partial charge in [0.15, 0.2) is 0 Å². The number of hydrogen-bond donors (Lipinski definition) is 2. The molecule has 2 aliphatic rings. The number of aliphatic hydroxyl groups is 1. The second-order valence-electron chi connectivity index (χ2n) is 6.19. The molecule has 0 radical (unpaired) electrons. The molecule has 0 bridgehead atoms. The van der Waals surface area contributed by atoms with Crippen molar-refractivity contribution < 1.29 is 13.7 Å². The number of aliphatic hydroxyl groups excluding tert-OH is 1. The minimum Gasteiger partial charge on any atom is -0.389 e. The third kappa shape index (κ3) is 5.14. The summed E-state index contributed by atoms with van der Waals surface area (Å²) >= 11 is 0. The fourth-order valence-electron chi connectivity index (χ4n) is 3.07. The standard InChI is InChI=1S/C17H26FNO2S/c18-15-6-7-16(11-14(10-15)17(20)8-9-19)22(21)12-13-4-2-1-3-5-13/h6-7,11,13,17,20H,1-5,8-10,12,19H2. The van der Waals surface area contributed by atoms with Crippen LogP contribution in [0.5, 0.6) is 0 Å². The summed E-state index contributed by atoms with van der Waals surface area (Å²) in [5.41, 5.74) is 6.03. The molecule has 5 heteroatoms. The third-order valence-corrected chi connectivity index (χ3v) is 5.93. The highest BCUT2D eigenvalue weighted by atomic mass is 32.2. The Morgan fingerprint density at radius 1 is 1.32 bits per heavy atom. The van der Waals surface area contributed by atoms with Gasteiger partial charge in [-0.3, -0.25) is 4.21 Å². The van der Waals surface area contributed by atoms with E-state index in [1.54, 1.807) is 12.2 Å².